The Labute approximate surface area is 363 Å². The number of ether oxygens (including phenoxy) is 2. The van der Waals surface area contributed by atoms with Gasteiger partial charge in [0.25, 0.3) is 0 Å². The molecule has 0 atom stereocenters. The van der Waals surface area contributed by atoms with Gasteiger partial charge in [0, 0.05) is 74.4 Å². The molecular weight excluding hydrogens is 871 g/mol. The van der Waals surface area contributed by atoms with E-state index in [-0.39, 0.29) is 65.5 Å². The van der Waals surface area contributed by atoms with Crippen LogP contribution in [-0.2, 0) is 10.8 Å². The van der Waals surface area contributed by atoms with Crippen LogP contribution in [0.4, 0.5) is 26.3 Å². The minimum atomic E-state index is -5.87. The molecule has 0 aliphatic heterocycles. The van der Waals surface area contributed by atoms with Crippen LogP contribution in [0.3, 0.4) is 0 Å². The molecule has 2 aromatic carbocycles. The Balaban J connectivity index is 1.34. The molecule has 4 nitrogen and oxygen atoms in total. The number of halogens is 6. The topological polar surface area (TPSA) is 44.7 Å². The first-order valence-corrected chi connectivity index (χ1v) is 22.4. The maximum atomic E-state index is 17.0. The Bertz CT molecular complexity index is 2830. The van der Waals surface area contributed by atoms with Crippen LogP contribution >= 0.6 is 45.3 Å². The van der Waals surface area contributed by atoms with Gasteiger partial charge in [-0.3, -0.25) is 0 Å². The first-order valence-electron chi connectivity index (χ1n) is 19.2. The van der Waals surface area contributed by atoms with Crippen LogP contribution in [0.1, 0.15) is 62.4 Å². The average molecular weight is 909 g/mol. The van der Waals surface area contributed by atoms with E-state index in [2.05, 4.69) is 41.5 Å². The van der Waals surface area contributed by atoms with Gasteiger partial charge in [0.15, 0.2) is 11.5 Å². The molecule has 0 N–H and O–H groups in total. The summed E-state index contributed by atoms with van der Waals surface area (Å²) in [6.45, 7) is 12.5. The third-order valence-corrected chi connectivity index (χ3v) is 16.4. The number of rotatable bonds is 8. The van der Waals surface area contributed by atoms with Crippen molar-refractivity contribution in [2.45, 2.75) is 70.1 Å². The summed E-state index contributed by atoms with van der Waals surface area (Å²) < 4.78 is 124. The normalized spacial score (nSPS) is 16.4. The second kappa shape index (κ2) is 14.1. The van der Waals surface area contributed by atoms with Crippen molar-refractivity contribution in [3.05, 3.63) is 106 Å². The summed E-state index contributed by atoms with van der Waals surface area (Å²) in [4.78, 5) is 6.08. The number of furan rings is 2. The molecule has 0 fully saturated rings. The highest BCUT2D eigenvalue weighted by atomic mass is 32.1. The largest absolute Gasteiger partial charge is 0.497 e. The highest BCUT2D eigenvalue weighted by molar-refractivity contribution is 7.24. The van der Waals surface area contributed by atoms with E-state index >= 15 is 26.3 Å². The second-order valence-electron chi connectivity index (χ2n) is 17.0. The third kappa shape index (κ3) is 6.50. The van der Waals surface area contributed by atoms with Crippen molar-refractivity contribution in [3.63, 3.8) is 0 Å². The quantitative estimate of drug-likeness (QED) is 0.143. The lowest BCUT2D eigenvalue weighted by molar-refractivity contribution is -0.254. The SMILES string of the molecule is COc1ccc2c(C3=C(c4c(-c5ccc(-c6ccc(C(C)(C)C)s6)s5)oc5cc(OC)ccc45)C(F)(F)C(F)(F)C3(F)F)c(-c3ccc(-c4ccc(C(C)(C)C)s4)s3)oc2c1. The number of hydrogen-bond acceptors (Lipinski definition) is 8. The maximum Gasteiger partial charge on any atom is 0.380 e. The van der Waals surface area contributed by atoms with Crippen LogP contribution < -0.4 is 9.47 Å². The van der Waals surface area contributed by atoms with E-state index in [0.717, 1.165) is 29.3 Å². The molecule has 8 aromatic rings. The van der Waals surface area contributed by atoms with Gasteiger partial charge in [-0.25, -0.2) is 0 Å². The number of hydrogen-bond donors (Lipinski definition) is 0. The molecule has 9 rings (SSSR count). The van der Waals surface area contributed by atoms with Gasteiger partial charge >= 0.3 is 17.8 Å². The minimum Gasteiger partial charge on any atom is -0.497 e. The van der Waals surface area contributed by atoms with Crippen LogP contribution in [0.15, 0.2) is 93.8 Å². The van der Waals surface area contributed by atoms with Gasteiger partial charge in [-0.15, -0.1) is 45.3 Å². The Kier molecular flexibility index (Phi) is 9.63. The molecule has 0 saturated heterocycles. The predicted octanol–water partition coefficient (Wildman–Crippen LogP) is 16.5. The average Bonchev–Trinajstić information content (AvgIpc) is 4.05. The van der Waals surface area contributed by atoms with E-state index in [4.69, 9.17) is 18.3 Å². The van der Waals surface area contributed by atoms with Gasteiger partial charge < -0.3 is 18.3 Å². The first-order chi connectivity index (χ1) is 28.6. The summed E-state index contributed by atoms with van der Waals surface area (Å²) in [6.07, 6.45) is 0. The fourth-order valence-corrected chi connectivity index (χ4v) is 11.9. The fourth-order valence-electron chi connectivity index (χ4n) is 7.57. The van der Waals surface area contributed by atoms with E-state index in [1.807, 2.05) is 24.3 Å². The van der Waals surface area contributed by atoms with Gasteiger partial charge in [0.1, 0.15) is 22.7 Å². The van der Waals surface area contributed by atoms with Crippen molar-refractivity contribution < 1.29 is 44.7 Å². The smallest absolute Gasteiger partial charge is 0.380 e. The van der Waals surface area contributed by atoms with Crippen molar-refractivity contribution in [1.29, 1.82) is 0 Å². The molecular formula is C47H38F6O4S4. The fraction of sp³-hybridized carbons (Fsp3) is 0.277. The molecule has 0 saturated carbocycles. The van der Waals surface area contributed by atoms with Crippen LogP contribution in [-0.4, -0.2) is 32.0 Å². The zero-order chi connectivity index (χ0) is 43.6. The molecule has 0 radical (unpaired) electrons. The summed E-state index contributed by atoms with van der Waals surface area (Å²) in [5, 5.41) is -0.140. The van der Waals surface area contributed by atoms with Crippen LogP contribution in [0, 0.1) is 0 Å². The summed E-state index contributed by atoms with van der Waals surface area (Å²) in [7, 11) is 2.80. The lowest BCUT2D eigenvalue weighted by atomic mass is 9.90. The number of benzene rings is 2. The number of alkyl halides is 6. The molecule has 61 heavy (non-hydrogen) atoms. The van der Waals surface area contributed by atoms with Gasteiger partial charge in [-0.05, 0) is 83.6 Å². The van der Waals surface area contributed by atoms with Gasteiger partial charge in [-0.2, -0.15) is 26.3 Å². The summed E-state index contributed by atoms with van der Waals surface area (Å²) in [6, 6.07) is 23.2. The highest BCUT2D eigenvalue weighted by Crippen LogP contribution is 2.68. The van der Waals surface area contributed by atoms with Gasteiger partial charge in [0.05, 0.1) is 24.0 Å². The maximum absolute atomic E-state index is 17.0. The van der Waals surface area contributed by atoms with E-state index in [9.17, 15) is 0 Å². The highest BCUT2D eigenvalue weighted by Gasteiger charge is 2.81. The monoisotopic (exact) mass is 908 g/mol. The second-order valence-corrected chi connectivity index (χ2v) is 21.3. The Morgan fingerprint density at radius 2 is 0.803 bits per heavy atom. The molecule has 0 amide bonds. The van der Waals surface area contributed by atoms with Crippen molar-refractivity contribution in [2.75, 3.05) is 14.2 Å². The Morgan fingerprint density at radius 3 is 1.15 bits per heavy atom. The molecule has 316 valence electrons. The Hall–Kier alpha value is -4.76. The van der Waals surface area contributed by atoms with Crippen molar-refractivity contribution in [1.82, 2.24) is 0 Å². The lowest BCUT2D eigenvalue weighted by Crippen LogP contribution is -2.48. The Morgan fingerprint density at radius 1 is 0.459 bits per heavy atom. The molecule has 0 spiro atoms. The molecule has 6 aromatic heterocycles. The zero-order valence-electron chi connectivity index (χ0n) is 34.1. The molecule has 6 heterocycles. The predicted molar refractivity (Wildman–Crippen MR) is 238 cm³/mol. The number of thiophene rings is 4. The molecule has 14 heteroatoms. The van der Waals surface area contributed by atoms with Crippen LogP contribution in [0.2, 0.25) is 0 Å². The van der Waals surface area contributed by atoms with Crippen molar-refractivity contribution >= 4 is 78.4 Å². The van der Waals surface area contributed by atoms with E-state index in [1.165, 1.54) is 73.3 Å². The summed E-state index contributed by atoms with van der Waals surface area (Å²) in [5.41, 5.74) is -4.53. The molecule has 1 aliphatic carbocycles. The van der Waals surface area contributed by atoms with Crippen molar-refractivity contribution in [2.24, 2.45) is 0 Å². The molecule has 1 aliphatic rings. The third-order valence-electron chi connectivity index (χ3n) is 10.8. The number of allylic oxidation sites excluding steroid dienone is 2. The first kappa shape index (κ1) is 41.6. The van der Waals surface area contributed by atoms with E-state index in [1.54, 1.807) is 46.9 Å². The van der Waals surface area contributed by atoms with Gasteiger partial charge in [-0.1, -0.05) is 41.5 Å². The standard InChI is InChI=1S/C47H38F6O4S4/c1-43(2,3)35-19-17-31(60-35)29-13-15-33(58-29)41-37(25-11-9-23(54-7)21-27(25)56-41)39-40(46(50,51)47(52,53)45(39,48)49)38-26-12-10-24(55-8)22-28(26)57-42(38)34-16-14-30(59-34)32-18-20-36(61-32)44(4,5)6/h9-22H,1-8H3. The molecule has 0 unspecified atom stereocenters. The van der Waals surface area contributed by atoms with Crippen molar-refractivity contribution in [3.8, 4) is 52.3 Å². The number of methoxy groups -OCH3 is 2. The van der Waals surface area contributed by atoms with Crippen LogP contribution in [0.5, 0.6) is 11.5 Å². The minimum absolute atomic E-state index is 0.0119. The zero-order valence-corrected chi connectivity index (χ0v) is 37.4. The summed E-state index contributed by atoms with van der Waals surface area (Å²) in [5.74, 6) is -16.6. The van der Waals surface area contributed by atoms with Crippen LogP contribution in [0.25, 0.3) is 73.9 Å². The number of fused-ring (bicyclic) bond motifs is 2. The van der Waals surface area contributed by atoms with E-state index < -0.39 is 40.0 Å². The lowest BCUT2D eigenvalue weighted by Gasteiger charge is -2.25. The van der Waals surface area contributed by atoms with E-state index in [0.29, 0.717) is 0 Å². The van der Waals surface area contributed by atoms with Gasteiger partial charge in [0.2, 0.25) is 0 Å². The molecule has 0 bridgehead atoms. The summed E-state index contributed by atoms with van der Waals surface area (Å²) >= 11 is 5.49.